The number of rotatable bonds is 30. The average Bonchev–Trinajstić information content (AvgIpc) is 2.83. The Morgan fingerprint density at radius 2 is 0.515 bits per heavy atom. The van der Waals surface area contributed by atoms with Crippen LogP contribution in [0.15, 0.2) is 0 Å². The first-order chi connectivity index (χ1) is 16.4. The van der Waals surface area contributed by atoms with E-state index < -0.39 is 0 Å². The second-order valence-electron chi connectivity index (χ2n) is 9.71. The average molecular weight is 474 g/mol. The van der Waals surface area contributed by atoms with Crippen molar-refractivity contribution in [1.82, 2.24) is 5.64 Å². The zero-order valence-corrected chi connectivity index (χ0v) is 22.0. The molecule has 33 heavy (non-hydrogen) atoms. The third-order valence-electron chi connectivity index (χ3n) is 6.43. The van der Waals surface area contributed by atoms with Crippen molar-refractivity contribution in [2.45, 2.75) is 154 Å². The summed E-state index contributed by atoms with van der Waals surface area (Å²) in [4.78, 5) is 10.7. The van der Waals surface area contributed by atoms with Gasteiger partial charge in [0.25, 0.3) is 0 Å². The summed E-state index contributed by atoms with van der Waals surface area (Å²) in [6.45, 7) is 2.16. The van der Waals surface area contributed by atoms with Gasteiger partial charge < -0.3 is 10.2 Å². The summed E-state index contributed by atoms with van der Waals surface area (Å²) in [7, 11) is 0. The van der Waals surface area contributed by atoms with Crippen LogP contribution in [0.2, 0.25) is 0 Å². The van der Waals surface area contributed by atoms with Gasteiger partial charge in [0.1, 0.15) is 0 Å². The van der Waals surface area contributed by atoms with E-state index in [2.05, 4.69) is 5.64 Å². The maximum absolute atomic E-state index is 8.75. The monoisotopic (exact) mass is 473 g/mol. The number of hydrogen-bond donors (Lipinski definition) is 3. The van der Waals surface area contributed by atoms with Crippen molar-refractivity contribution in [3.63, 3.8) is 0 Å². The molecule has 0 saturated heterocycles. The molecule has 0 spiro atoms. The number of aliphatic hydroxyl groups is 2. The first-order valence-corrected chi connectivity index (χ1v) is 14.6. The summed E-state index contributed by atoms with van der Waals surface area (Å²) in [5.74, 6) is 0. The Kier molecular flexibility index (Phi) is 31.6. The Bertz CT molecular complexity index is 301. The van der Waals surface area contributed by atoms with Crippen molar-refractivity contribution >= 4 is 0 Å². The van der Waals surface area contributed by atoms with Crippen molar-refractivity contribution in [2.24, 2.45) is 0 Å². The Hall–Kier alpha value is -0.200. The molecule has 0 radical (unpaired) electrons. The lowest BCUT2D eigenvalue weighted by atomic mass is 10.1. The van der Waals surface area contributed by atoms with Crippen LogP contribution in [-0.2, 0) is 9.68 Å². The van der Waals surface area contributed by atoms with Crippen LogP contribution in [0.3, 0.4) is 0 Å². The molecule has 0 aliphatic rings. The van der Waals surface area contributed by atoms with Crippen molar-refractivity contribution < 1.29 is 19.9 Å². The molecule has 0 fully saturated rings. The smallest absolute Gasteiger partial charge is 0.0709 e. The van der Waals surface area contributed by atoms with Crippen LogP contribution < -0.4 is 5.64 Å². The predicted molar refractivity (Wildman–Crippen MR) is 140 cm³/mol. The van der Waals surface area contributed by atoms with Gasteiger partial charge in [0.05, 0.1) is 13.2 Å². The fraction of sp³-hybridized carbons (Fsp3) is 1.00. The summed E-state index contributed by atoms with van der Waals surface area (Å²) >= 11 is 0. The molecule has 0 saturated carbocycles. The van der Waals surface area contributed by atoms with E-state index >= 15 is 0 Å². The Labute approximate surface area is 206 Å². The van der Waals surface area contributed by atoms with Crippen LogP contribution in [0, 0.1) is 0 Å². The molecule has 0 aromatic carbocycles. The molecular weight excluding hydrogens is 414 g/mol. The molecule has 0 amide bonds. The van der Waals surface area contributed by atoms with E-state index in [9.17, 15) is 0 Å². The Morgan fingerprint density at radius 3 is 0.758 bits per heavy atom. The molecule has 0 aromatic heterocycles. The van der Waals surface area contributed by atoms with Gasteiger partial charge in [0.2, 0.25) is 0 Å². The normalized spacial score (nSPS) is 11.5. The third kappa shape index (κ3) is 31.8. The second kappa shape index (κ2) is 31.8. The lowest BCUT2D eigenvalue weighted by Crippen LogP contribution is -2.16. The highest BCUT2D eigenvalue weighted by molar-refractivity contribution is 4.50. The highest BCUT2D eigenvalue weighted by atomic mass is 16.9. The molecule has 3 N–H and O–H groups in total. The quantitative estimate of drug-likeness (QED) is 0.0733. The van der Waals surface area contributed by atoms with Crippen LogP contribution in [-0.4, -0.2) is 36.6 Å². The first kappa shape index (κ1) is 32.8. The van der Waals surface area contributed by atoms with Gasteiger partial charge in [-0.3, -0.25) is 9.68 Å². The molecule has 200 valence electrons. The highest BCUT2D eigenvalue weighted by Crippen LogP contribution is 2.13. The molecule has 0 heterocycles. The van der Waals surface area contributed by atoms with E-state index in [1.54, 1.807) is 0 Å². The fourth-order valence-electron chi connectivity index (χ4n) is 4.23. The van der Waals surface area contributed by atoms with Gasteiger partial charge in [-0.05, 0) is 25.7 Å². The van der Waals surface area contributed by atoms with E-state index in [1.807, 2.05) is 0 Å². The molecular formula is C28H59NO4. The fourth-order valence-corrected chi connectivity index (χ4v) is 4.23. The van der Waals surface area contributed by atoms with Crippen molar-refractivity contribution in [3.8, 4) is 0 Å². The van der Waals surface area contributed by atoms with Crippen LogP contribution in [0.4, 0.5) is 0 Å². The van der Waals surface area contributed by atoms with Gasteiger partial charge in [-0.1, -0.05) is 134 Å². The molecule has 0 atom stereocenters. The summed E-state index contributed by atoms with van der Waals surface area (Å²) < 4.78 is 0. The number of aliphatic hydroxyl groups excluding tert-OH is 2. The Morgan fingerprint density at radius 1 is 0.303 bits per heavy atom. The minimum Gasteiger partial charge on any atom is -0.396 e. The number of nitrogens with one attached hydrogen (secondary N) is 1. The van der Waals surface area contributed by atoms with Gasteiger partial charge in [-0.25, -0.2) is 0 Å². The molecule has 0 aliphatic carbocycles. The van der Waals surface area contributed by atoms with Crippen molar-refractivity contribution in [2.75, 3.05) is 26.4 Å². The zero-order valence-electron chi connectivity index (χ0n) is 22.0. The summed E-state index contributed by atoms with van der Waals surface area (Å²) in [6.07, 6.45) is 30.5. The summed E-state index contributed by atoms with van der Waals surface area (Å²) in [6, 6.07) is 0. The van der Waals surface area contributed by atoms with Gasteiger partial charge in [0, 0.05) is 13.2 Å². The first-order valence-electron chi connectivity index (χ1n) is 14.6. The molecule has 0 aromatic rings. The van der Waals surface area contributed by atoms with E-state index in [1.165, 1.54) is 128 Å². The number of unbranched alkanes of at least 4 members (excludes halogenated alkanes) is 22. The van der Waals surface area contributed by atoms with Crippen LogP contribution in [0.25, 0.3) is 0 Å². The minimum absolute atomic E-state index is 0.351. The predicted octanol–water partition coefficient (Wildman–Crippen LogP) is 7.79. The molecule has 5 heteroatoms. The van der Waals surface area contributed by atoms with Gasteiger partial charge in [-0.2, -0.15) is 0 Å². The van der Waals surface area contributed by atoms with E-state index in [-0.39, 0.29) is 0 Å². The van der Waals surface area contributed by atoms with Gasteiger partial charge in [0.15, 0.2) is 0 Å². The van der Waals surface area contributed by atoms with Crippen molar-refractivity contribution in [1.29, 1.82) is 0 Å². The largest absolute Gasteiger partial charge is 0.396 e. The SMILES string of the molecule is OCCCCCCCCCCCCCCONOCCCCCCCCCCCCCCO. The molecule has 0 aliphatic heterocycles. The van der Waals surface area contributed by atoms with Crippen molar-refractivity contribution in [3.05, 3.63) is 0 Å². The molecule has 5 nitrogen and oxygen atoms in total. The molecule has 0 unspecified atom stereocenters. The van der Waals surface area contributed by atoms with Crippen LogP contribution >= 0.6 is 0 Å². The second-order valence-corrected chi connectivity index (χ2v) is 9.71. The minimum atomic E-state index is 0.351. The van der Waals surface area contributed by atoms with E-state index in [4.69, 9.17) is 19.9 Å². The molecule has 0 rings (SSSR count). The summed E-state index contributed by atoms with van der Waals surface area (Å²) in [5, 5.41) is 17.5. The van der Waals surface area contributed by atoms with Crippen LogP contribution in [0.1, 0.15) is 154 Å². The lowest BCUT2D eigenvalue weighted by molar-refractivity contribution is -0.171. The van der Waals surface area contributed by atoms with E-state index in [0.29, 0.717) is 13.2 Å². The standard InChI is InChI=1S/C28H59NO4/c30-25-21-17-13-9-5-1-3-7-11-15-19-23-27-32-29-33-28-24-20-16-12-8-4-2-6-10-14-18-22-26-31/h29-31H,1-28H2. The van der Waals surface area contributed by atoms with Gasteiger partial charge >= 0.3 is 0 Å². The maximum Gasteiger partial charge on any atom is 0.0709 e. The molecule has 0 bridgehead atoms. The summed E-state index contributed by atoms with van der Waals surface area (Å²) in [5.41, 5.74) is 2.64. The lowest BCUT2D eigenvalue weighted by Gasteiger charge is -2.07. The zero-order chi connectivity index (χ0) is 23.9. The Balaban J connectivity index is 2.99. The topological polar surface area (TPSA) is 71.0 Å². The van der Waals surface area contributed by atoms with Crippen LogP contribution in [0.5, 0.6) is 0 Å². The maximum atomic E-state index is 8.75. The van der Waals surface area contributed by atoms with Gasteiger partial charge in [-0.15, -0.1) is 0 Å². The third-order valence-corrected chi connectivity index (χ3v) is 6.43. The number of hydrogen-bond acceptors (Lipinski definition) is 5. The van der Waals surface area contributed by atoms with E-state index in [0.717, 1.165) is 38.9 Å². The highest BCUT2D eigenvalue weighted by Gasteiger charge is 1.96.